The van der Waals surface area contributed by atoms with E-state index in [4.69, 9.17) is 17.3 Å². The highest BCUT2D eigenvalue weighted by atomic mass is 35.5. The van der Waals surface area contributed by atoms with Crippen LogP contribution in [0.4, 0.5) is 16.3 Å². The topological polar surface area (TPSA) is 118 Å². The first-order chi connectivity index (χ1) is 14.4. The summed E-state index contributed by atoms with van der Waals surface area (Å²) in [6.07, 6.45) is 4.49. The molecule has 154 valence electrons. The van der Waals surface area contributed by atoms with Gasteiger partial charge in [-0.25, -0.2) is 9.78 Å². The lowest BCUT2D eigenvalue weighted by Gasteiger charge is -2.39. The van der Waals surface area contributed by atoms with Gasteiger partial charge in [0.15, 0.2) is 0 Å². The molecule has 1 spiro atoms. The Bertz CT molecular complexity index is 1200. The molecule has 2 aliphatic heterocycles. The van der Waals surface area contributed by atoms with Crippen LogP contribution in [0, 0.1) is 0 Å². The fourth-order valence-corrected chi connectivity index (χ4v) is 4.61. The number of hydrogen-bond donors (Lipinski definition) is 3. The summed E-state index contributed by atoms with van der Waals surface area (Å²) in [4.78, 5) is 30.2. The number of nitrogens with one attached hydrogen (secondary N) is 2. The van der Waals surface area contributed by atoms with E-state index in [9.17, 15) is 9.59 Å². The third-order valence-corrected chi connectivity index (χ3v) is 6.40. The van der Waals surface area contributed by atoms with Gasteiger partial charge in [-0.3, -0.25) is 14.8 Å². The van der Waals surface area contributed by atoms with Crippen LogP contribution < -0.4 is 21.3 Å². The van der Waals surface area contributed by atoms with E-state index in [1.807, 2.05) is 36.1 Å². The van der Waals surface area contributed by atoms with Crippen molar-refractivity contribution in [2.24, 2.45) is 7.05 Å². The Morgan fingerprint density at radius 2 is 1.97 bits per heavy atom. The Morgan fingerprint density at radius 1 is 1.20 bits per heavy atom. The number of nitrogen functional groups attached to an aromatic ring is 1. The molecule has 1 aromatic carbocycles. The molecule has 5 rings (SSSR count). The number of nitrogens with two attached hydrogens (primary N) is 1. The highest BCUT2D eigenvalue weighted by Crippen LogP contribution is 2.42. The van der Waals surface area contributed by atoms with Crippen molar-refractivity contribution in [3.05, 3.63) is 35.6 Å². The molecule has 2 aliphatic rings. The summed E-state index contributed by atoms with van der Waals surface area (Å²) in [5.74, 6) is -0.0141. The molecule has 30 heavy (non-hydrogen) atoms. The maximum absolute atomic E-state index is 12.3. The largest absolute Gasteiger partial charge is 0.382 e. The number of benzene rings is 1. The van der Waals surface area contributed by atoms with Crippen molar-refractivity contribution >= 4 is 45.9 Å². The molecule has 0 radical (unpaired) electrons. The highest BCUT2D eigenvalue weighted by Gasteiger charge is 2.48. The minimum Gasteiger partial charge on any atom is -0.382 e. The number of amides is 3. The Labute approximate surface area is 177 Å². The molecule has 0 atom stereocenters. The molecule has 2 saturated heterocycles. The van der Waals surface area contributed by atoms with Crippen LogP contribution in [0.1, 0.15) is 12.8 Å². The number of rotatable bonds is 2. The molecule has 0 aliphatic carbocycles. The average Bonchev–Trinajstić information content (AvgIpc) is 3.23. The monoisotopic (exact) mass is 425 g/mol. The number of carbonyl (C=O) groups is 2. The Kier molecular flexibility index (Phi) is 4.11. The van der Waals surface area contributed by atoms with E-state index in [1.54, 1.807) is 6.20 Å². The van der Waals surface area contributed by atoms with Crippen molar-refractivity contribution < 1.29 is 9.59 Å². The van der Waals surface area contributed by atoms with E-state index in [0.717, 1.165) is 27.7 Å². The van der Waals surface area contributed by atoms with Gasteiger partial charge in [0.25, 0.3) is 5.91 Å². The van der Waals surface area contributed by atoms with Gasteiger partial charge < -0.3 is 16.0 Å². The first-order valence-corrected chi connectivity index (χ1v) is 10.0. The van der Waals surface area contributed by atoms with Crippen molar-refractivity contribution in [3.8, 4) is 11.1 Å². The Balaban J connectivity index is 1.53. The number of pyridine rings is 1. The summed E-state index contributed by atoms with van der Waals surface area (Å²) in [7, 11) is 1.90. The molecule has 2 fully saturated rings. The molecule has 0 saturated carbocycles. The van der Waals surface area contributed by atoms with Gasteiger partial charge in [0, 0.05) is 37.3 Å². The fraction of sp³-hybridized carbons (Fsp3) is 0.300. The van der Waals surface area contributed by atoms with Crippen LogP contribution in [0.25, 0.3) is 22.0 Å². The number of imide groups is 1. The summed E-state index contributed by atoms with van der Waals surface area (Å²) in [6, 6.07) is 5.62. The lowest BCUT2D eigenvalue weighted by Crippen LogP contribution is -2.55. The van der Waals surface area contributed by atoms with Gasteiger partial charge in [0.05, 0.1) is 17.4 Å². The number of halogens is 1. The number of fused-ring (bicyclic) bond motifs is 1. The number of carbonyl (C=O) groups excluding carboxylic acids is 2. The predicted molar refractivity (Wildman–Crippen MR) is 114 cm³/mol. The lowest BCUT2D eigenvalue weighted by molar-refractivity contribution is -0.124. The fourth-order valence-electron chi connectivity index (χ4n) is 4.34. The Morgan fingerprint density at radius 3 is 2.67 bits per heavy atom. The number of anilines is 2. The summed E-state index contributed by atoms with van der Waals surface area (Å²) in [5.41, 5.74) is 8.78. The number of hydrogen-bond acceptors (Lipinski definition) is 6. The van der Waals surface area contributed by atoms with Crippen molar-refractivity contribution in [1.82, 2.24) is 25.4 Å². The van der Waals surface area contributed by atoms with Crippen LogP contribution in [0.2, 0.25) is 5.02 Å². The zero-order valence-electron chi connectivity index (χ0n) is 16.3. The van der Waals surface area contributed by atoms with Crippen molar-refractivity contribution in [2.75, 3.05) is 23.7 Å². The van der Waals surface area contributed by atoms with Crippen LogP contribution in [0.5, 0.6) is 0 Å². The van der Waals surface area contributed by atoms with Gasteiger partial charge in [-0.1, -0.05) is 17.7 Å². The molecule has 10 heteroatoms. The molecule has 4 heterocycles. The summed E-state index contributed by atoms with van der Waals surface area (Å²) in [6.45, 7) is 1.08. The Hall–Kier alpha value is -3.33. The van der Waals surface area contributed by atoms with Gasteiger partial charge in [-0.2, -0.15) is 5.10 Å². The summed E-state index contributed by atoms with van der Waals surface area (Å²) >= 11 is 6.61. The molecule has 0 bridgehead atoms. The maximum Gasteiger partial charge on any atom is 0.322 e. The van der Waals surface area contributed by atoms with Gasteiger partial charge in [0.1, 0.15) is 16.4 Å². The second kappa shape index (κ2) is 6.60. The van der Waals surface area contributed by atoms with Crippen LogP contribution in [-0.2, 0) is 11.8 Å². The first kappa shape index (κ1) is 18.7. The van der Waals surface area contributed by atoms with Gasteiger partial charge >= 0.3 is 6.03 Å². The third kappa shape index (κ3) is 2.77. The van der Waals surface area contributed by atoms with Crippen LogP contribution in [-0.4, -0.2) is 45.3 Å². The molecular formula is C20H20ClN7O2. The third-order valence-electron chi connectivity index (χ3n) is 6.03. The van der Waals surface area contributed by atoms with E-state index < -0.39 is 11.6 Å². The molecule has 4 N–H and O–H groups in total. The van der Waals surface area contributed by atoms with E-state index in [0.29, 0.717) is 31.0 Å². The SMILES string of the molecule is Cn1ncc2cc(-c3cnc(N)c(Cl)c3N3CCC4(CC3)NC(=O)NC4=O)ccc21. The average molecular weight is 426 g/mol. The van der Waals surface area contributed by atoms with Crippen molar-refractivity contribution in [1.29, 1.82) is 0 Å². The predicted octanol–water partition coefficient (Wildman–Crippen LogP) is 2.05. The molecule has 3 amide bonds. The molecule has 2 aromatic heterocycles. The number of aromatic nitrogens is 3. The van der Waals surface area contributed by atoms with Gasteiger partial charge in [-0.05, 0) is 30.5 Å². The van der Waals surface area contributed by atoms with Gasteiger partial charge in [-0.15, -0.1) is 0 Å². The number of piperidine rings is 1. The molecule has 3 aromatic rings. The summed E-state index contributed by atoms with van der Waals surface area (Å²) in [5, 5.41) is 10.8. The van der Waals surface area contributed by atoms with Crippen LogP contribution in [0.3, 0.4) is 0 Å². The standard InChI is InChI=1S/C20H20ClN7O2/c1-27-14-3-2-11(8-12(14)9-24-27)13-10-23-17(22)15(21)16(13)28-6-4-20(5-7-28)18(29)25-19(30)26-20/h2-3,8-10H,4-7H2,1H3,(H2,22,23)(H2,25,26,29,30). The minimum atomic E-state index is -0.854. The lowest BCUT2D eigenvalue weighted by atomic mass is 9.87. The van der Waals surface area contributed by atoms with E-state index in [2.05, 4.69) is 25.6 Å². The van der Waals surface area contributed by atoms with Crippen molar-refractivity contribution in [3.63, 3.8) is 0 Å². The highest BCUT2D eigenvalue weighted by molar-refractivity contribution is 6.36. The van der Waals surface area contributed by atoms with Crippen LogP contribution in [0.15, 0.2) is 30.6 Å². The number of nitrogens with zero attached hydrogens (tertiary/aromatic N) is 4. The first-order valence-electron chi connectivity index (χ1n) is 9.63. The zero-order valence-corrected chi connectivity index (χ0v) is 17.0. The van der Waals surface area contributed by atoms with E-state index >= 15 is 0 Å². The van der Waals surface area contributed by atoms with Crippen LogP contribution >= 0.6 is 11.6 Å². The molecule has 9 nitrogen and oxygen atoms in total. The van der Waals surface area contributed by atoms with Gasteiger partial charge in [0.2, 0.25) is 0 Å². The minimum absolute atomic E-state index is 0.255. The molecule has 0 unspecified atom stereocenters. The smallest absolute Gasteiger partial charge is 0.322 e. The van der Waals surface area contributed by atoms with E-state index in [1.165, 1.54) is 0 Å². The maximum atomic E-state index is 12.3. The summed E-state index contributed by atoms with van der Waals surface area (Å²) < 4.78 is 1.82. The number of urea groups is 1. The van der Waals surface area contributed by atoms with Crippen molar-refractivity contribution in [2.45, 2.75) is 18.4 Å². The quantitative estimate of drug-likeness (QED) is 0.541. The number of aryl methyl sites for hydroxylation is 1. The van der Waals surface area contributed by atoms with E-state index in [-0.39, 0.29) is 11.7 Å². The molecular weight excluding hydrogens is 406 g/mol. The zero-order chi connectivity index (χ0) is 21.0. The second-order valence-corrected chi connectivity index (χ2v) is 8.12. The second-order valence-electron chi connectivity index (χ2n) is 7.74. The normalized spacial score (nSPS) is 18.1.